The number of halogens is 1. The zero-order valence-corrected chi connectivity index (χ0v) is 16.5. The molecule has 0 rings (SSSR count). The number of hydrogen-bond donors (Lipinski definition) is 5. The van der Waals surface area contributed by atoms with Gasteiger partial charge in [0.15, 0.2) is 0 Å². The Morgan fingerprint density at radius 1 is 1.07 bits per heavy atom. The minimum absolute atomic E-state index is 0. The Balaban J connectivity index is -0.00000000615. The third-order valence-electron chi connectivity index (χ3n) is 0. The summed E-state index contributed by atoms with van der Waals surface area (Å²) in [5.41, 5.74) is 0. The van der Waals surface area contributed by atoms with E-state index in [0.29, 0.717) is 0 Å². The molecule has 0 aliphatic carbocycles. The molecular formula is H10ClKMgNaO8PS. The van der Waals surface area contributed by atoms with Crippen molar-refractivity contribution in [3.63, 3.8) is 0 Å². The van der Waals surface area contributed by atoms with Crippen molar-refractivity contribution in [3.05, 3.63) is 0 Å². The maximum atomic E-state index is 8.88. The van der Waals surface area contributed by atoms with Gasteiger partial charge in [0.1, 0.15) is 0 Å². The predicted octanol–water partition coefficient (Wildman–Crippen LogP) is -7.08. The van der Waals surface area contributed by atoms with Crippen LogP contribution in [0.3, 0.4) is 0 Å². The summed E-state index contributed by atoms with van der Waals surface area (Å²) in [6.07, 6.45) is 0. The van der Waals surface area contributed by atoms with E-state index in [2.05, 4.69) is 0 Å². The van der Waals surface area contributed by atoms with Gasteiger partial charge >= 0.3 is 122 Å². The van der Waals surface area contributed by atoms with Crippen molar-refractivity contribution in [2.45, 2.75) is 0 Å². The fourth-order valence-corrected chi connectivity index (χ4v) is 0. The molecule has 0 heterocycles. The van der Waals surface area contributed by atoms with Crippen molar-refractivity contribution < 1.29 is 123 Å². The normalized spacial score (nSPS) is 8.36. The van der Waals surface area contributed by atoms with Gasteiger partial charge in [0.2, 0.25) is 0 Å². The smallest absolute Gasteiger partial charge is 1.00 e. The second-order valence-electron chi connectivity index (χ2n) is 0.961. The molecule has 14 heavy (non-hydrogen) atoms. The summed E-state index contributed by atoms with van der Waals surface area (Å²) in [6.45, 7) is 0. The van der Waals surface area contributed by atoms with Gasteiger partial charge in [-0.1, -0.05) is 0 Å². The van der Waals surface area contributed by atoms with Crippen LogP contribution in [0, 0.1) is 0 Å². The fraction of sp³-hybridized carbons (Fsp3) is 0. The number of phosphoric acid groups is 1. The van der Waals surface area contributed by atoms with Gasteiger partial charge in [-0.25, -0.2) is 4.57 Å². The van der Waals surface area contributed by atoms with Gasteiger partial charge in [0, 0.05) is 0 Å². The fourth-order valence-electron chi connectivity index (χ4n) is 0. The molecule has 0 aromatic carbocycles. The maximum Gasteiger partial charge on any atom is 2.00 e. The van der Waals surface area contributed by atoms with Crippen LogP contribution in [-0.4, -0.2) is 55.3 Å². The first-order valence-electron chi connectivity index (χ1n) is 1.48. The standard InChI is InChI=1S/ClH.K.Mg.Na.H3O4P.H2O4S.4H/c;;;;2*1-5(2,3)4;;;;/h1H;;;;(H3,1,2,3,4);(H2,1,2,3,4);;;;/q;+1;+2;+1;;;4*-1. The Kier molecular flexibility index (Phi) is 42.9. The number of hydrogen-bond acceptors (Lipinski definition) is 3. The zero-order valence-electron chi connectivity index (χ0n) is 11.4. The first-order valence-corrected chi connectivity index (χ1v) is 4.44. The Hall–Kier alpha value is 3.67. The molecule has 0 aliphatic heterocycles. The van der Waals surface area contributed by atoms with E-state index in [1.165, 1.54) is 0 Å². The second kappa shape index (κ2) is 16.7. The van der Waals surface area contributed by atoms with Crippen molar-refractivity contribution in [3.8, 4) is 0 Å². The van der Waals surface area contributed by atoms with Crippen LogP contribution in [0.25, 0.3) is 0 Å². The van der Waals surface area contributed by atoms with Crippen LogP contribution in [-0.2, 0) is 15.0 Å². The van der Waals surface area contributed by atoms with Gasteiger partial charge in [-0.3, -0.25) is 9.11 Å². The molecular weight excluding hydrogens is 313 g/mol. The molecule has 0 spiro atoms. The third-order valence-corrected chi connectivity index (χ3v) is 0. The van der Waals surface area contributed by atoms with Gasteiger partial charge < -0.3 is 20.4 Å². The maximum absolute atomic E-state index is 8.88. The van der Waals surface area contributed by atoms with Crippen LogP contribution >= 0.6 is 20.2 Å². The van der Waals surface area contributed by atoms with E-state index in [4.69, 9.17) is 36.8 Å². The SMILES string of the molecule is Cl.O=P(O)(O)O.O=S(=O)(O)O.[H-].[H-].[H-].[H-].[K+].[Mg+2].[Na+]. The summed E-state index contributed by atoms with van der Waals surface area (Å²) in [4.78, 5) is 21.6. The van der Waals surface area contributed by atoms with E-state index >= 15 is 0 Å². The summed E-state index contributed by atoms with van der Waals surface area (Å²) in [5.74, 6) is 0. The van der Waals surface area contributed by atoms with Crippen molar-refractivity contribution in [2.24, 2.45) is 0 Å². The van der Waals surface area contributed by atoms with Gasteiger partial charge in [-0.05, 0) is 0 Å². The minimum Gasteiger partial charge on any atom is -1.00 e. The van der Waals surface area contributed by atoms with E-state index in [-0.39, 0.29) is 122 Å². The average molecular weight is 323 g/mol. The molecule has 0 aromatic heterocycles. The molecule has 0 bridgehead atoms. The Morgan fingerprint density at radius 3 is 1.07 bits per heavy atom. The van der Waals surface area contributed by atoms with Crippen molar-refractivity contribution in [1.29, 1.82) is 0 Å². The molecule has 80 valence electrons. The molecule has 0 atom stereocenters. The molecule has 0 aliphatic rings. The third kappa shape index (κ3) is 250. The van der Waals surface area contributed by atoms with Gasteiger partial charge in [0.05, 0.1) is 0 Å². The van der Waals surface area contributed by atoms with Crippen LogP contribution in [0.15, 0.2) is 0 Å². The second-order valence-corrected chi connectivity index (χ2v) is 2.88. The summed E-state index contributed by atoms with van der Waals surface area (Å²) < 4.78 is 40.5. The molecule has 0 saturated heterocycles. The zero-order chi connectivity index (χ0) is 9.00. The molecule has 0 amide bonds. The van der Waals surface area contributed by atoms with Crippen LogP contribution in [0.2, 0.25) is 0 Å². The van der Waals surface area contributed by atoms with Crippen molar-refractivity contribution >= 4 is 53.7 Å². The van der Waals surface area contributed by atoms with Gasteiger partial charge in [-0.2, -0.15) is 8.42 Å². The van der Waals surface area contributed by atoms with Gasteiger partial charge in [-0.15, -0.1) is 12.4 Å². The molecule has 0 fully saturated rings. The molecule has 8 nitrogen and oxygen atoms in total. The Bertz CT molecular complexity index is 221. The molecule has 14 heteroatoms. The quantitative estimate of drug-likeness (QED) is 0.167. The Labute approximate surface area is 174 Å². The van der Waals surface area contributed by atoms with E-state index in [9.17, 15) is 0 Å². The summed E-state index contributed by atoms with van der Waals surface area (Å²) in [7, 11) is -9.31. The van der Waals surface area contributed by atoms with E-state index in [1.807, 2.05) is 0 Å². The first kappa shape index (κ1) is 36.1. The average Bonchev–Trinajstić information content (AvgIpc) is 1.12. The molecule has 0 saturated carbocycles. The van der Waals surface area contributed by atoms with E-state index in [1.54, 1.807) is 0 Å². The van der Waals surface area contributed by atoms with Crippen LogP contribution < -0.4 is 80.9 Å². The van der Waals surface area contributed by atoms with Crippen molar-refractivity contribution in [2.75, 3.05) is 0 Å². The van der Waals surface area contributed by atoms with Crippen LogP contribution in [0.1, 0.15) is 5.71 Å². The topological polar surface area (TPSA) is 152 Å². The molecule has 5 N–H and O–H groups in total. The summed E-state index contributed by atoms with van der Waals surface area (Å²) in [6, 6.07) is 0. The van der Waals surface area contributed by atoms with Crippen LogP contribution in [0.4, 0.5) is 0 Å². The van der Waals surface area contributed by atoms with E-state index in [0.717, 1.165) is 0 Å². The molecule has 0 aromatic rings. The number of rotatable bonds is 0. The largest absolute Gasteiger partial charge is 2.00 e. The van der Waals surface area contributed by atoms with Crippen molar-refractivity contribution in [1.82, 2.24) is 0 Å². The van der Waals surface area contributed by atoms with E-state index < -0.39 is 18.2 Å². The van der Waals surface area contributed by atoms with Crippen LogP contribution in [0.5, 0.6) is 0 Å². The Morgan fingerprint density at radius 2 is 1.07 bits per heavy atom. The van der Waals surface area contributed by atoms with Gasteiger partial charge in [0.25, 0.3) is 0 Å². The summed E-state index contributed by atoms with van der Waals surface area (Å²) in [5, 5.41) is 0. The monoisotopic (exact) mass is 322 g/mol. The molecule has 0 unspecified atom stereocenters. The first-order chi connectivity index (χ1) is 4.00. The summed E-state index contributed by atoms with van der Waals surface area (Å²) >= 11 is 0. The minimum atomic E-state index is -4.67. The predicted molar refractivity (Wildman–Crippen MR) is 45.9 cm³/mol. The molecule has 0 radical (unpaired) electrons.